The van der Waals surface area contributed by atoms with E-state index in [1.807, 2.05) is 25.7 Å². The Bertz CT molecular complexity index is 520. The minimum absolute atomic E-state index is 0.319. The minimum atomic E-state index is -0.501. The quantitative estimate of drug-likeness (QED) is 0.799. The Morgan fingerprint density at radius 3 is 2.43 bits per heavy atom. The molecule has 1 aromatic rings. The molecular weight excluding hydrogens is 273 g/mol. The molecule has 1 saturated heterocycles. The second kappa shape index (κ2) is 5.87. The molecule has 0 bridgehead atoms. The van der Waals surface area contributed by atoms with Crippen LogP contribution in [-0.2, 0) is 4.74 Å². The molecule has 0 aliphatic carbocycles. The van der Waals surface area contributed by atoms with Gasteiger partial charge in [-0.1, -0.05) is 0 Å². The van der Waals surface area contributed by atoms with Crippen molar-refractivity contribution in [3.05, 3.63) is 23.6 Å². The SMILES string of the molecule is Cc1cnc(N2CCN(C(=O)OC(C)(C)C)CC2)c(F)c1. The summed E-state index contributed by atoms with van der Waals surface area (Å²) >= 11 is 0. The highest BCUT2D eigenvalue weighted by Crippen LogP contribution is 2.19. The molecule has 1 aliphatic rings. The Kier molecular flexibility index (Phi) is 4.34. The second-order valence-electron chi connectivity index (χ2n) is 6.27. The van der Waals surface area contributed by atoms with E-state index in [1.165, 1.54) is 6.07 Å². The lowest BCUT2D eigenvalue weighted by Crippen LogP contribution is -2.50. The van der Waals surface area contributed by atoms with Crippen LogP contribution in [0.15, 0.2) is 12.3 Å². The number of rotatable bonds is 1. The third-order valence-corrected chi connectivity index (χ3v) is 3.19. The van der Waals surface area contributed by atoms with Gasteiger partial charge in [0.2, 0.25) is 0 Å². The van der Waals surface area contributed by atoms with E-state index in [-0.39, 0.29) is 11.9 Å². The van der Waals surface area contributed by atoms with Gasteiger partial charge in [-0.3, -0.25) is 0 Å². The fourth-order valence-corrected chi connectivity index (χ4v) is 2.19. The maximum absolute atomic E-state index is 13.9. The molecule has 2 heterocycles. The molecule has 0 aromatic carbocycles. The summed E-state index contributed by atoms with van der Waals surface area (Å²) in [7, 11) is 0. The van der Waals surface area contributed by atoms with E-state index < -0.39 is 5.60 Å². The molecule has 0 N–H and O–H groups in total. The van der Waals surface area contributed by atoms with Gasteiger partial charge in [-0.05, 0) is 39.3 Å². The summed E-state index contributed by atoms with van der Waals surface area (Å²) in [6.45, 7) is 9.43. The number of nitrogens with zero attached hydrogens (tertiary/aromatic N) is 3. The number of carbonyl (C=O) groups is 1. The summed E-state index contributed by atoms with van der Waals surface area (Å²) in [4.78, 5) is 19.6. The summed E-state index contributed by atoms with van der Waals surface area (Å²) in [6, 6.07) is 1.47. The largest absolute Gasteiger partial charge is 0.444 e. The van der Waals surface area contributed by atoms with Gasteiger partial charge in [0, 0.05) is 32.4 Å². The number of pyridine rings is 1. The van der Waals surface area contributed by atoms with Crippen molar-refractivity contribution in [2.45, 2.75) is 33.3 Å². The van der Waals surface area contributed by atoms with Gasteiger partial charge in [0.15, 0.2) is 11.6 Å². The molecule has 21 heavy (non-hydrogen) atoms. The first-order valence-corrected chi connectivity index (χ1v) is 7.11. The lowest BCUT2D eigenvalue weighted by molar-refractivity contribution is 0.0240. The zero-order chi connectivity index (χ0) is 15.6. The molecule has 0 unspecified atom stereocenters. The van der Waals surface area contributed by atoms with Crippen LogP contribution in [0.1, 0.15) is 26.3 Å². The van der Waals surface area contributed by atoms with E-state index in [0.717, 1.165) is 5.56 Å². The number of aromatic nitrogens is 1. The number of hydrogen-bond donors (Lipinski definition) is 0. The highest BCUT2D eigenvalue weighted by molar-refractivity contribution is 5.68. The zero-order valence-electron chi connectivity index (χ0n) is 13.0. The topological polar surface area (TPSA) is 45.7 Å². The molecule has 1 fully saturated rings. The third kappa shape index (κ3) is 4.06. The Labute approximate surface area is 124 Å². The standard InChI is InChI=1S/C15H22FN3O2/c1-11-9-12(16)13(17-10-11)18-5-7-19(8-6-18)14(20)21-15(2,3)4/h9-10H,5-8H2,1-4H3. The van der Waals surface area contributed by atoms with Crippen molar-refractivity contribution in [1.29, 1.82) is 0 Å². The second-order valence-corrected chi connectivity index (χ2v) is 6.27. The van der Waals surface area contributed by atoms with Crippen molar-refractivity contribution in [3.63, 3.8) is 0 Å². The number of piperazine rings is 1. The molecule has 2 rings (SSSR count). The van der Waals surface area contributed by atoms with E-state index in [4.69, 9.17) is 4.74 Å². The summed E-state index contributed by atoms with van der Waals surface area (Å²) in [5, 5.41) is 0. The molecule has 1 aliphatic heterocycles. The zero-order valence-corrected chi connectivity index (χ0v) is 13.0. The lowest BCUT2D eigenvalue weighted by atomic mass is 10.2. The number of ether oxygens (including phenoxy) is 1. The Morgan fingerprint density at radius 2 is 1.90 bits per heavy atom. The van der Waals surface area contributed by atoms with Gasteiger partial charge < -0.3 is 14.5 Å². The molecule has 0 saturated carbocycles. The smallest absolute Gasteiger partial charge is 0.410 e. The van der Waals surface area contributed by atoms with Crippen molar-refractivity contribution in [3.8, 4) is 0 Å². The van der Waals surface area contributed by atoms with Crippen LogP contribution >= 0.6 is 0 Å². The summed E-state index contributed by atoms with van der Waals surface area (Å²) < 4.78 is 19.2. The van der Waals surface area contributed by atoms with Crippen LogP contribution in [0, 0.1) is 12.7 Å². The Morgan fingerprint density at radius 1 is 1.29 bits per heavy atom. The molecule has 0 atom stereocenters. The van der Waals surface area contributed by atoms with E-state index >= 15 is 0 Å². The van der Waals surface area contributed by atoms with E-state index in [1.54, 1.807) is 18.0 Å². The highest BCUT2D eigenvalue weighted by Gasteiger charge is 2.27. The summed E-state index contributed by atoms with van der Waals surface area (Å²) in [5.41, 5.74) is 0.294. The minimum Gasteiger partial charge on any atom is -0.444 e. The van der Waals surface area contributed by atoms with Gasteiger partial charge in [0.05, 0.1) is 0 Å². The van der Waals surface area contributed by atoms with Gasteiger partial charge in [-0.25, -0.2) is 14.2 Å². The molecule has 5 nitrogen and oxygen atoms in total. The average Bonchev–Trinajstić information content (AvgIpc) is 2.37. The summed E-state index contributed by atoms with van der Waals surface area (Å²) in [6.07, 6.45) is 1.33. The Hall–Kier alpha value is -1.85. The first kappa shape index (κ1) is 15.5. The number of aryl methyl sites for hydroxylation is 1. The molecule has 1 amide bonds. The first-order chi connectivity index (χ1) is 9.76. The van der Waals surface area contributed by atoms with Crippen LogP contribution in [0.2, 0.25) is 0 Å². The van der Waals surface area contributed by atoms with Crippen LogP contribution in [0.5, 0.6) is 0 Å². The fourth-order valence-electron chi connectivity index (χ4n) is 2.19. The van der Waals surface area contributed by atoms with E-state index in [2.05, 4.69) is 4.98 Å². The van der Waals surface area contributed by atoms with Crippen molar-refractivity contribution >= 4 is 11.9 Å². The molecule has 6 heteroatoms. The molecular formula is C15H22FN3O2. The van der Waals surface area contributed by atoms with Crippen LogP contribution in [0.3, 0.4) is 0 Å². The van der Waals surface area contributed by atoms with Crippen LogP contribution in [-0.4, -0.2) is 47.8 Å². The maximum Gasteiger partial charge on any atom is 0.410 e. The number of halogens is 1. The molecule has 116 valence electrons. The number of anilines is 1. The van der Waals surface area contributed by atoms with Crippen molar-refractivity contribution < 1.29 is 13.9 Å². The molecule has 0 radical (unpaired) electrons. The van der Waals surface area contributed by atoms with Gasteiger partial charge in [-0.2, -0.15) is 0 Å². The van der Waals surface area contributed by atoms with Crippen LogP contribution in [0.25, 0.3) is 0 Å². The predicted octanol–water partition coefficient (Wildman–Crippen LogP) is 2.59. The summed E-state index contributed by atoms with van der Waals surface area (Å²) in [5.74, 6) is 0.0326. The van der Waals surface area contributed by atoms with Crippen molar-refractivity contribution in [2.24, 2.45) is 0 Å². The number of hydrogen-bond acceptors (Lipinski definition) is 4. The predicted molar refractivity (Wildman–Crippen MR) is 79.0 cm³/mol. The van der Waals surface area contributed by atoms with Gasteiger partial charge in [0.1, 0.15) is 5.60 Å². The third-order valence-electron chi connectivity index (χ3n) is 3.19. The Balaban J connectivity index is 1.95. The monoisotopic (exact) mass is 295 g/mol. The highest BCUT2D eigenvalue weighted by atomic mass is 19.1. The van der Waals surface area contributed by atoms with E-state index in [0.29, 0.717) is 32.0 Å². The normalized spacial score (nSPS) is 16.0. The van der Waals surface area contributed by atoms with Gasteiger partial charge >= 0.3 is 6.09 Å². The number of amides is 1. The van der Waals surface area contributed by atoms with Crippen molar-refractivity contribution in [2.75, 3.05) is 31.1 Å². The van der Waals surface area contributed by atoms with Crippen LogP contribution < -0.4 is 4.90 Å². The average molecular weight is 295 g/mol. The molecule has 0 spiro atoms. The molecule has 1 aromatic heterocycles. The van der Waals surface area contributed by atoms with E-state index in [9.17, 15) is 9.18 Å². The maximum atomic E-state index is 13.9. The van der Waals surface area contributed by atoms with Gasteiger partial charge in [-0.15, -0.1) is 0 Å². The van der Waals surface area contributed by atoms with Crippen molar-refractivity contribution in [1.82, 2.24) is 9.88 Å². The first-order valence-electron chi connectivity index (χ1n) is 7.11. The lowest BCUT2D eigenvalue weighted by Gasteiger charge is -2.36. The van der Waals surface area contributed by atoms with Gasteiger partial charge in [0.25, 0.3) is 0 Å². The number of carbonyl (C=O) groups excluding carboxylic acids is 1. The van der Waals surface area contributed by atoms with Crippen LogP contribution in [0.4, 0.5) is 15.0 Å². The fraction of sp³-hybridized carbons (Fsp3) is 0.600.